The Balaban J connectivity index is 2.52. The largest absolute Gasteiger partial charge is 0.368 e. The van der Waals surface area contributed by atoms with Gasteiger partial charge in [-0.1, -0.05) is 48.0 Å². The minimum atomic E-state index is -0.490. The van der Waals surface area contributed by atoms with E-state index in [1.807, 2.05) is 46.7 Å². The topological polar surface area (TPSA) is 70.1 Å². The molecular formula is C19H22BrN3OS. The Morgan fingerprint density at radius 2 is 2.00 bits per heavy atom. The molecule has 0 aliphatic carbocycles. The third-order valence-corrected chi connectivity index (χ3v) is 5.46. The van der Waals surface area contributed by atoms with E-state index in [-0.39, 0.29) is 18.5 Å². The van der Waals surface area contributed by atoms with Crippen molar-refractivity contribution in [2.75, 3.05) is 6.54 Å². The molecule has 132 valence electrons. The summed E-state index contributed by atoms with van der Waals surface area (Å²) >= 11 is 5.08. The summed E-state index contributed by atoms with van der Waals surface area (Å²) in [6, 6.07) is 13.6. The predicted molar refractivity (Wildman–Crippen MR) is 105 cm³/mol. The highest BCUT2D eigenvalue weighted by atomic mass is 79.9. The van der Waals surface area contributed by atoms with E-state index >= 15 is 0 Å². The van der Waals surface area contributed by atoms with Crippen molar-refractivity contribution in [2.24, 2.45) is 11.7 Å². The lowest BCUT2D eigenvalue weighted by Crippen LogP contribution is -2.47. The molecule has 1 unspecified atom stereocenters. The number of amides is 1. The molecule has 1 heterocycles. The Labute approximate surface area is 161 Å². The molecule has 0 saturated heterocycles. The molecule has 0 saturated carbocycles. The quantitative estimate of drug-likeness (QED) is 0.647. The minimum Gasteiger partial charge on any atom is -0.368 e. The Morgan fingerprint density at radius 3 is 2.48 bits per heavy atom. The summed E-state index contributed by atoms with van der Waals surface area (Å²) in [6.45, 7) is 4.25. The third-order valence-electron chi connectivity index (χ3n) is 4.01. The standard InChI is InChI=1S/C19H22BrN3OS/c1-13(2)12-16(19(22)24)23(10-9-21)18(17-4-3-11-25-17)14-5-7-15(20)8-6-14/h3-8,11,13,16,18H,10,12H2,1-2H3,(H2,22,24)/t16?,18-/m0/s1. The Hall–Kier alpha value is -1.68. The zero-order valence-corrected chi connectivity index (χ0v) is 16.8. The first-order valence-electron chi connectivity index (χ1n) is 8.15. The minimum absolute atomic E-state index is 0.138. The van der Waals surface area contributed by atoms with Gasteiger partial charge in [0, 0.05) is 9.35 Å². The Bertz CT molecular complexity index is 722. The summed E-state index contributed by atoms with van der Waals surface area (Å²) in [7, 11) is 0. The van der Waals surface area contributed by atoms with Gasteiger partial charge >= 0.3 is 0 Å². The molecule has 4 nitrogen and oxygen atoms in total. The number of thiophene rings is 1. The number of hydrogen-bond donors (Lipinski definition) is 1. The van der Waals surface area contributed by atoms with Crippen LogP contribution in [0.25, 0.3) is 0 Å². The van der Waals surface area contributed by atoms with Gasteiger partial charge in [0.25, 0.3) is 0 Å². The molecule has 0 fully saturated rings. The number of nitrogens with zero attached hydrogens (tertiary/aromatic N) is 2. The normalized spacial score (nSPS) is 13.6. The summed E-state index contributed by atoms with van der Waals surface area (Å²) in [5, 5.41) is 11.4. The number of nitriles is 1. The van der Waals surface area contributed by atoms with Crippen LogP contribution in [0.15, 0.2) is 46.3 Å². The van der Waals surface area contributed by atoms with Gasteiger partial charge < -0.3 is 5.73 Å². The maximum absolute atomic E-state index is 12.2. The van der Waals surface area contributed by atoms with E-state index in [1.54, 1.807) is 11.3 Å². The molecule has 2 atom stereocenters. The lowest BCUT2D eigenvalue weighted by Gasteiger charge is -2.35. The maximum Gasteiger partial charge on any atom is 0.234 e. The molecule has 1 aromatic carbocycles. The molecule has 1 amide bonds. The number of primary amides is 1. The molecule has 1 aromatic heterocycles. The monoisotopic (exact) mass is 419 g/mol. The lowest BCUT2D eigenvalue weighted by molar-refractivity contribution is -0.124. The van der Waals surface area contributed by atoms with Crippen LogP contribution < -0.4 is 5.73 Å². The fourth-order valence-corrected chi connectivity index (χ4v) is 4.07. The average molecular weight is 420 g/mol. The van der Waals surface area contributed by atoms with Crippen LogP contribution in [0.1, 0.15) is 36.8 Å². The summed E-state index contributed by atoms with van der Waals surface area (Å²) < 4.78 is 0.988. The van der Waals surface area contributed by atoms with Crippen molar-refractivity contribution >= 4 is 33.2 Å². The van der Waals surface area contributed by atoms with E-state index in [2.05, 4.69) is 35.8 Å². The first kappa shape index (κ1) is 19.6. The SMILES string of the molecule is CC(C)CC(C(N)=O)N(CC#N)[C@@H](c1ccc(Br)cc1)c1cccs1. The smallest absolute Gasteiger partial charge is 0.234 e. The zero-order valence-electron chi connectivity index (χ0n) is 14.4. The van der Waals surface area contributed by atoms with Gasteiger partial charge in [-0.2, -0.15) is 5.26 Å². The molecule has 25 heavy (non-hydrogen) atoms. The van der Waals surface area contributed by atoms with E-state index < -0.39 is 6.04 Å². The first-order chi connectivity index (χ1) is 11.9. The number of nitrogens with two attached hydrogens (primary N) is 1. The highest BCUT2D eigenvalue weighted by molar-refractivity contribution is 9.10. The molecule has 0 aliphatic rings. The van der Waals surface area contributed by atoms with Crippen molar-refractivity contribution in [1.82, 2.24) is 4.90 Å². The second-order valence-corrected chi connectivity index (χ2v) is 8.24. The van der Waals surface area contributed by atoms with E-state index in [1.165, 1.54) is 0 Å². The van der Waals surface area contributed by atoms with Gasteiger partial charge in [-0.15, -0.1) is 11.3 Å². The molecule has 0 bridgehead atoms. The van der Waals surface area contributed by atoms with E-state index in [0.29, 0.717) is 12.3 Å². The fraction of sp³-hybridized carbons (Fsp3) is 0.368. The first-order valence-corrected chi connectivity index (χ1v) is 9.82. The van der Waals surface area contributed by atoms with Crippen LogP contribution in [0.5, 0.6) is 0 Å². The van der Waals surface area contributed by atoms with Gasteiger partial charge in [0.15, 0.2) is 0 Å². The van der Waals surface area contributed by atoms with Crippen molar-refractivity contribution in [3.8, 4) is 6.07 Å². The average Bonchev–Trinajstić information content (AvgIpc) is 3.07. The van der Waals surface area contributed by atoms with Gasteiger partial charge in [0.1, 0.15) is 0 Å². The van der Waals surface area contributed by atoms with Crippen LogP contribution in [0, 0.1) is 17.2 Å². The predicted octanol–water partition coefficient (Wildman–Crippen LogP) is 4.33. The van der Waals surface area contributed by atoms with Crippen molar-refractivity contribution in [3.05, 3.63) is 56.7 Å². The molecule has 0 radical (unpaired) electrons. The van der Waals surface area contributed by atoms with Gasteiger partial charge in [0.05, 0.1) is 24.7 Å². The van der Waals surface area contributed by atoms with E-state index in [4.69, 9.17) is 5.73 Å². The molecule has 2 aromatic rings. The lowest BCUT2D eigenvalue weighted by atomic mass is 9.96. The van der Waals surface area contributed by atoms with Gasteiger partial charge in [0.2, 0.25) is 5.91 Å². The summed E-state index contributed by atoms with van der Waals surface area (Å²) in [4.78, 5) is 15.2. The van der Waals surface area contributed by atoms with E-state index in [9.17, 15) is 10.1 Å². The van der Waals surface area contributed by atoms with Gasteiger partial charge in [-0.25, -0.2) is 0 Å². The Kier molecular flexibility index (Phi) is 7.18. The van der Waals surface area contributed by atoms with Crippen LogP contribution in [0.2, 0.25) is 0 Å². The number of halogens is 1. The van der Waals surface area contributed by atoms with Crippen molar-refractivity contribution < 1.29 is 4.79 Å². The highest BCUT2D eigenvalue weighted by Gasteiger charge is 2.33. The number of hydrogen-bond acceptors (Lipinski definition) is 4. The number of benzene rings is 1. The molecule has 6 heteroatoms. The summed E-state index contributed by atoms with van der Waals surface area (Å²) in [5.74, 6) is -0.0878. The molecular weight excluding hydrogens is 398 g/mol. The molecule has 0 aliphatic heterocycles. The van der Waals surface area contributed by atoms with Crippen LogP contribution in [-0.2, 0) is 4.79 Å². The van der Waals surface area contributed by atoms with Crippen LogP contribution in [0.4, 0.5) is 0 Å². The van der Waals surface area contributed by atoms with Crippen molar-refractivity contribution in [2.45, 2.75) is 32.4 Å². The van der Waals surface area contributed by atoms with Crippen molar-refractivity contribution in [1.29, 1.82) is 5.26 Å². The van der Waals surface area contributed by atoms with Crippen LogP contribution in [-0.4, -0.2) is 23.4 Å². The van der Waals surface area contributed by atoms with E-state index in [0.717, 1.165) is 14.9 Å². The maximum atomic E-state index is 12.2. The van der Waals surface area contributed by atoms with Gasteiger partial charge in [-0.3, -0.25) is 9.69 Å². The summed E-state index contributed by atoms with van der Waals surface area (Å²) in [6.07, 6.45) is 0.620. The van der Waals surface area contributed by atoms with Crippen LogP contribution >= 0.6 is 27.3 Å². The van der Waals surface area contributed by atoms with Crippen LogP contribution in [0.3, 0.4) is 0 Å². The third kappa shape index (κ3) is 5.15. The van der Waals surface area contributed by atoms with Gasteiger partial charge in [-0.05, 0) is 41.5 Å². The fourth-order valence-electron chi connectivity index (χ4n) is 2.94. The summed E-state index contributed by atoms with van der Waals surface area (Å²) in [5.41, 5.74) is 6.75. The molecule has 2 N–H and O–H groups in total. The second-order valence-electron chi connectivity index (χ2n) is 6.35. The number of rotatable bonds is 8. The second kappa shape index (κ2) is 9.14. The zero-order chi connectivity index (χ0) is 18.4. The highest BCUT2D eigenvalue weighted by Crippen LogP contribution is 2.34. The number of carbonyl (C=O) groups is 1. The number of carbonyl (C=O) groups excluding carboxylic acids is 1. The Morgan fingerprint density at radius 1 is 1.32 bits per heavy atom. The van der Waals surface area contributed by atoms with Crippen molar-refractivity contribution in [3.63, 3.8) is 0 Å². The molecule has 2 rings (SSSR count). The molecule has 0 spiro atoms.